The van der Waals surface area contributed by atoms with Gasteiger partial charge in [0.25, 0.3) is 5.91 Å². The number of rotatable bonds is 4. The second-order valence-corrected chi connectivity index (χ2v) is 5.77. The SMILES string of the molecule is C=C(C)C(=O)N(Cc1ccccc1)c1ccccc1I. The maximum Gasteiger partial charge on any atom is 0.253 e. The Morgan fingerprint density at radius 2 is 1.70 bits per heavy atom. The lowest BCUT2D eigenvalue weighted by Crippen LogP contribution is -2.31. The quantitative estimate of drug-likeness (QED) is 0.571. The minimum atomic E-state index is -0.0435. The predicted octanol–water partition coefficient (Wildman–Crippen LogP) is 4.40. The molecule has 2 aromatic rings. The lowest BCUT2D eigenvalue weighted by atomic mass is 10.1. The third-order valence-corrected chi connectivity index (χ3v) is 3.85. The maximum atomic E-state index is 12.4. The van der Waals surface area contributed by atoms with E-state index in [9.17, 15) is 4.79 Å². The van der Waals surface area contributed by atoms with Gasteiger partial charge in [0, 0.05) is 9.14 Å². The molecule has 0 aliphatic carbocycles. The molecule has 0 aliphatic rings. The molecule has 0 fully saturated rings. The maximum absolute atomic E-state index is 12.4. The number of nitrogens with zero attached hydrogens (tertiary/aromatic N) is 1. The molecule has 20 heavy (non-hydrogen) atoms. The number of benzene rings is 2. The molecule has 0 radical (unpaired) electrons. The summed E-state index contributed by atoms with van der Waals surface area (Å²) in [5, 5.41) is 0. The van der Waals surface area contributed by atoms with Crippen molar-refractivity contribution in [3.05, 3.63) is 75.9 Å². The highest BCUT2D eigenvalue weighted by Crippen LogP contribution is 2.25. The molecule has 0 atom stereocenters. The second-order valence-electron chi connectivity index (χ2n) is 4.61. The van der Waals surface area contributed by atoms with Crippen LogP contribution in [0, 0.1) is 3.57 Å². The van der Waals surface area contributed by atoms with Crippen molar-refractivity contribution >= 4 is 34.2 Å². The fourth-order valence-corrected chi connectivity index (χ4v) is 2.61. The summed E-state index contributed by atoms with van der Waals surface area (Å²) in [6, 6.07) is 17.9. The molecular weight excluding hydrogens is 361 g/mol. The first-order chi connectivity index (χ1) is 9.59. The Labute approximate surface area is 133 Å². The molecule has 3 heteroatoms. The van der Waals surface area contributed by atoms with E-state index in [-0.39, 0.29) is 5.91 Å². The van der Waals surface area contributed by atoms with Crippen LogP contribution < -0.4 is 4.90 Å². The van der Waals surface area contributed by atoms with Crippen molar-refractivity contribution in [1.82, 2.24) is 0 Å². The summed E-state index contributed by atoms with van der Waals surface area (Å²) in [6.07, 6.45) is 0. The molecule has 102 valence electrons. The highest BCUT2D eigenvalue weighted by Gasteiger charge is 2.18. The van der Waals surface area contributed by atoms with Gasteiger partial charge in [-0.2, -0.15) is 0 Å². The monoisotopic (exact) mass is 377 g/mol. The standard InChI is InChI=1S/C17H16INO/c1-13(2)17(20)19(12-14-8-4-3-5-9-14)16-11-7-6-10-15(16)18/h3-11H,1,12H2,2H3. The molecule has 0 unspecified atom stereocenters. The summed E-state index contributed by atoms with van der Waals surface area (Å²) < 4.78 is 1.05. The summed E-state index contributed by atoms with van der Waals surface area (Å²) in [4.78, 5) is 14.2. The first-order valence-corrected chi connectivity index (χ1v) is 7.43. The second kappa shape index (κ2) is 6.70. The van der Waals surface area contributed by atoms with E-state index in [1.165, 1.54) is 0 Å². The average Bonchev–Trinajstić information content (AvgIpc) is 2.46. The van der Waals surface area contributed by atoms with Crippen LogP contribution in [0.25, 0.3) is 0 Å². The van der Waals surface area contributed by atoms with Crippen molar-refractivity contribution in [2.45, 2.75) is 13.5 Å². The van der Waals surface area contributed by atoms with Gasteiger partial charge in [-0.3, -0.25) is 4.79 Å². The predicted molar refractivity (Wildman–Crippen MR) is 91.6 cm³/mol. The van der Waals surface area contributed by atoms with Gasteiger partial charge in [-0.1, -0.05) is 49.0 Å². The van der Waals surface area contributed by atoms with Crippen LogP contribution in [-0.2, 0) is 11.3 Å². The largest absolute Gasteiger partial charge is 0.303 e. The molecule has 0 spiro atoms. The molecule has 1 amide bonds. The Balaban J connectivity index is 2.38. The Morgan fingerprint density at radius 3 is 2.30 bits per heavy atom. The van der Waals surface area contributed by atoms with Crippen molar-refractivity contribution in [3.63, 3.8) is 0 Å². The third kappa shape index (κ3) is 3.48. The van der Waals surface area contributed by atoms with Gasteiger partial charge in [0.05, 0.1) is 12.2 Å². The van der Waals surface area contributed by atoms with Crippen LogP contribution in [0.2, 0.25) is 0 Å². The van der Waals surface area contributed by atoms with E-state index in [1.807, 2.05) is 54.6 Å². The summed E-state index contributed by atoms with van der Waals surface area (Å²) >= 11 is 2.25. The van der Waals surface area contributed by atoms with E-state index in [4.69, 9.17) is 0 Å². The Morgan fingerprint density at radius 1 is 1.10 bits per heavy atom. The lowest BCUT2D eigenvalue weighted by Gasteiger charge is -2.24. The number of hydrogen-bond acceptors (Lipinski definition) is 1. The van der Waals surface area contributed by atoms with Crippen LogP contribution in [0.5, 0.6) is 0 Å². The number of halogens is 1. The van der Waals surface area contributed by atoms with E-state index in [1.54, 1.807) is 11.8 Å². The van der Waals surface area contributed by atoms with Gasteiger partial charge >= 0.3 is 0 Å². The van der Waals surface area contributed by atoms with Gasteiger partial charge in [0.1, 0.15) is 0 Å². The highest BCUT2D eigenvalue weighted by molar-refractivity contribution is 14.1. The molecule has 2 rings (SSSR count). The minimum absolute atomic E-state index is 0.0435. The molecular formula is C17H16INO. The van der Waals surface area contributed by atoms with Crippen LogP contribution >= 0.6 is 22.6 Å². The Hall–Kier alpha value is -1.62. The van der Waals surface area contributed by atoms with E-state index in [0.717, 1.165) is 14.8 Å². The molecule has 0 aromatic heterocycles. The first kappa shape index (κ1) is 14.8. The van der Waals surface area contributed by atoms with E-state index < -0.39 is 0 Å². The zero-order valence-electron chi connectivity index (χ0n) is 11.3. The molecule has 0 heterocycles. The molecule has 0 aliphatic heterocycles. The first-order valence-electron chi connectivity index (χ1n) is 6.35. The molecule has 0 saturated heterocycles. The van der Waals surface area contributed by atoms with Crippen molar-refractivity contribution in [3.8, 4) is 0 Å². The molecule has 0 N–H and O–H groups in total. The fraction of sp³-hybridized carbons (Fsp3) is 0.118. The van der Waals surface area contributed by atoms with Crippen LogP contribution in [-0.4, -0.2) is 5.91 Å². The number of anilines is 1. The number of hydrogen-bond donors (Lipinski definition) is 0. The third-order valence-electron chi connectivity index (χ3n) is 2.94. The van der Waals surface area contributed by atoms with Crippen molar-refractivity contribution in [2.24, 2.45) is 0 Å². The zero-order chi connectivity index (χ0) is 14.5. The summed E-state index contributed by atoms with van der Waals surface area (Å²) in [5.74, 6) is -0.0435. The topological polar surface area (TPSA) is 20.3 Å². The summed E-state index contributed by atoms with van der Waals surface area (Å²) in [6.45, 7) is 6.07. The highest BCUT2D eigenvalue weighted by atomic mass is 127. The summed E-state index contributed by atoms with van der Waals surface area (Å²) in [7, 11) is 0. The van der Waals surface area contributed by atoms with Crippen LogP contribution in [0.1, 0.15) is 12.5 Å². The van der Waals surface area contributed by atoms with Crippen LogP contribution in [0.4, 0.5) is 5.69 Å². The van der Waals surface area contributed by atoms with Gasteiger partial charge in [0.15, 0.2) is 0 Å². The number of carbonyl (C=O) groups is 1. The van der Waals surface area contributed by atoms with Gasteiger partial charge < -0.3 is 4.90 Å². The fourth-order valence-electron chi connectivity index (χ4n) is 1.93. The Bertz CT molecular complexity index is 622. The number of amides is 1. The van der Waals surface area contributed by atoms with Crippen LogP contribution in [0.15, 0.2) is 66.7 Å². The van der Waals surface area contributed by atoms with Gasteiger partial charge in [-0.05, 0) is 47.2 Å². The number of carbonyl (C=O) groups excluding carboxylic acids is 1. The number of para-hydroxylation sites is 1. The average molecular weight is 377 g/mol. The summed E-state index contributed by atoms with van der Waals surface area (Å²) in [5.41, 5.74) is 2.56. The van der Waals surface area contributed by atoms with Gasteiger partial charge in [0.2, 0.25) is 0 Å². The van der Waals surface area contributed by atoms with Crippen molar-refractivity contribution < 1.29 is 4.79 Å². The minimum Gasteiger partial charge on any atom is -0.303 e. The molecule has 2 aromatic carbocycles. The smallest absolute Gasteiger partial charge is 0.253 e. The molecule has 0 saturated carbocycles. The lowest BCUT2D eigenvalue weighted by molar-refractivity contribution is -0.115. The van der Waals surface area contributed by atoms with Gasteiger partial charge in [-0.15, -0.1) is 0 Å². The van der Waals surface area contributed by atoms with E-state index >= 15 is 0 Å². The zero-order valence-corrected chi connectivity index (χ0v) is 13.5. The van der Waals surface area contributed by atoms with Crippen molar-refractivity contribution in [2.75, 3.05) is 4.90 Å². The Kier molecular flexibility index (Phi) is 4.95. The van der Waals surface area contributed by atoms with Crippen molar-refractivity contribution in [1.29, 1.82) is 0 Å². The molecule has 0 bridgehead atoms. The molecule has 2 nitrogen and oxygen atoms in total. The van der Waals surface area contributed by atoms with Crippen LogP contribution in [0.3, 0.4) is 0 Å². The normalized spacial score (nSPS) is 10.1. The van der Waals surface area contributed by atoms with Gasteiger partial charge in [-0.25, -0.2) is 0 Å². The van der Waals surface area contributed by atoms with E-state index in [0.29, 0.717) is 12.1 Å². The van der Waals surface area contributed by atoms with E-state index in [2.05, 4.69) is 29.2 Å².